The molecule has 0 spiro atoms. The minimum atomic E-state index is -4.18. The summed E-state index contributed by atoms with van der Waals surface area (Å²) in [5.41, 5.74) is 4.49. The van der Waals surface area contributed by atoms with Crippen LogP contribution in [0.3, 0.4) is 0 Å². The molecule has 7 nitrogen and oxygen atoms in total. The van der Waals surface area contributed by atoms with Crippen LogP contribution in [0.15, 0.2) is 17.1 Å². The van der Waals surface area contributed by atoms with Crippen LogP contribution in [0.2, 0.25) is 0 Å². The van der Waals surface area contributed by atoms with Crippen molar-refractivity contribution in [2.24, 2.45) is 0 Å². The van der Waals surface area contributed by atoms with Crippen molar-refractivity contribution >= 4 is 18.2 Å². The van der Waals surface area contributed by atoms with E-state index in [1.165, 1.54) is 12.3 Å². The van der Waals surface area contributed by atoms with Crippen molar-refractivity contribution in [2.45, 2.75) is 31.0 Å². The van der Waals surface area contributed by atoms with Crippen LogP contribution in [0, 0.1) is 0 Å². The van der Waals surface area contributed by atoms with Gasteiger partial charge in [0, 0.05) is 12.6 Å². The van der Waals surface area contributed by atoms with Gasteiger partial charge in [0.25, 0.3) is 0 Å². The van der Waals surface area contributed by atoms with Crippen molar-refractivity contribution in [3.8, 4) is 0 Å². The van der Waals surface area contributed by atoms with Gasteiger partial charge in [-0.3, -0.25) is 4.57 Å². The van der Waals surface area contributed by atoms with Crippen LogP contribution in [0.1, 0.15) is 12.6 Å². The molecule has 0 saturated carbocycles. The molecule has 19 heavy (non-hydrogen) atoms. The Morgan fingerprint density at radius 1 is 1.58 bits per heavy atom. The molecule has 3 atom stereocenters. The molecule has 0 aromatic carbocycles. The van der Waals surface area contributed by atoms with Gasteiger partial charge in [-0.25, -0.2) is 4.79 Å². The first-order valence-corrected chi connectivity index (χ1v) is 5.07. The quantitative estimate of drug-likeness (QED) is 0.678. The lowest BCUT2D eigenvalue weighted by molar-refractivity contribution is -0.282. The van der Waals surface area contributed by atoms with Crippen LogP contribution >= 0.6 is 12.4 Å². The molecule has 108 valence electrons. The van der Waals surface area contributed by atoms with E-state index in [1.807, 2.05) is 0 Å². The fraction of sp³-hybridized carbons (Fsp3) is 0.556. The Balaban J connectivity index is 0.00000180. The van der Waals surface area contributed by atoms with E-state index in [4.69, 9.17) is 15.6 Å². The second-order valence-electron chi connectivity index (χ2n) is 3.94. The second-order valence-corrected chi connectivity index (χ2v) is 3.94. The van der Waals surface area contributed by atoms with E-state index in [-0.39, 0.29) is 24.6 Å². The van der Waals surface area contributed by atoms with Gasteiger partial charge in [0.15, 0.2) is 6.10 Å². The third-order valence-electron chi connectivity index (χ3n) is 2.60. The molecule has 0 unspecified atom stereocenters. The van der Waals surface area contributed by atoms with Crippen LogP contribution < -0.4 is 11.4 Å². The van der Waals surface area contributed by atoms with Gasteiger partial charge >= 0.3 is 11.8 Å². The summed E-state index contributed by atoms with van der Waals surface area (Å²) in [6.45, 7) is 0. The molecule has 4 N–H and O–H groups in total. The summed E-state index contributed by atoms with van der Waals surface area (Å²) in [6.07, 6.45) is -8.00. The van der Waals surface area contributed by atoms with Gasteiger partial charge in [0.05, 0.1) is 6.10 Å². The zero-order chi connectivity index (χ0) is 13.5. The van der Waals surface area contributed by atoms with E-state index in [0.717, 1.165) is 4.57 Å². The molecule has 1 aliphatic heterocycles. The highest BCUT2D eigenvalue weighted by Crippen LogP contribution is 2.34. The summed E-state index contributed by atoms with van der Waals surface area (Å²) in [5, 5.41) is 17.9. The van der Waals surface area contributed by atoms with Gasteiger partial charge in [-0.2, -0.15) is 13.8 Å². The number of aromatic nitrogens is 2. The third-order valence-corrected chi connectivity index (χ3v) is 2.60. The number of hydrogen-bond acceptors (Lipinski definition) is 6. The number of nitrogens with zero attached hydrogens (tertiary/aromatic N) is 2. The molecule has 1 aliphatic rings. The zero-order valence-electron chi connectivity index (χ0n) is 9.44. The predicted molar refractivity (Wildman–Crippen MR) is 61.9 cm³/mol. The maximum Gasteiger partial charge on any atom is 0.382 e. The van der Waals surface area contributed by atoms with Gasteiger partial charge < -0.3 is 20.7 Å². The summed E-state index contributed by atoms with van der Waals surface area (Å²) < 4.78 is 31.1. The largest absolute Gasteiger partial charge is 0.390 e. The van der Waals surface area contributed by atoms with Crippen LogP contribution in [-0.4, -0.2) is 38.1 Å². The highest BCUT2D eigenvalue weighted by atomic mass is 35.5. The van der Waals surface area contributed by atoms with Crippen molar-refractivity contribution in [1.82, 2.24) is 9.55 Å². The lowest BCUT2D eigenvalue weighted by atomic mass is 10.1. The van der Waals surface area contributed by atoms with E-state index in [2.05, 4.69) is 4.98 Å². The first-order chi connectivity index (χ1) is 8.29. The average molecular weight is 300 g/mol. The SMILES string of the molecule is Cl.Nc1ccn([C@H]2C[C@H](O)[C@@H](C(O)(F)F)O2)c(=O)n1. The molecule has 0 radical (unpaired) electrons. The minimum Gasteiger partial charge on any atom is -0.390 e. The standard InChI is InChI=1S/C9H11F2N3O4.ClH/c10-9(11,17)7-4(15)3-6(18-7)14-2-1-5(12)13-8(14)16;/h1-2,4,6-7,15,17H,3H2,(H2,12,13,16);1H/t4-,6+,7-;/m0./s1. The maximum absolute atomic E-state index is 12.7. The van der Waals surface area contributed by atoms with Crippen molar-refractivity contribution in [3.63, 3.8) is 0 Å². The zero-order valence-corrected chi connectivity index (χ0v) is 10.3. The number of nitrogens with two attached hydrogens (primary N) is 1. The Kier molecular flexibility index (Phi) is 4.46. The van der Waals surface area contributed by atoms with Gasteiger partial charge in [-0.1, -0.05) is 0 Å². The number of alkyl halides is 2. The topological polar surface area (TPSA) is 111 Å². The lowest BCUT2D eigenvalue weighted by Crippen LogP contribution is -2.40. The van der Waals surface area contributed by atoms with E-state index in [0.29, 0.717) is 0 Å². The first-order valence-electron chi connectivity index (χ1n) is 5.07. The average Bonchev–Trinajstić information content (AvgIpc) is 2.59. The molecule has 1 saturated heterocycles. The number of hydrogen-bond donors (Lipinski definition) is 3. The first kappa shape index (κ1) is 15.8. The molecule has 0 aliphatic carbocycles. The summed E-state index contributed by atoms with van der Waals surface area (Å²) in [6, 6.07) is 1.29. The smallest absolute Gasteiger partial charge is 0.382 e. The summed E-state index contributed by atoms with van der Waals surface area (Å²) in [5.74, 6) is -0.0150. The molecule has 0 amide bonds. The van der Waals surface area contributed by atoms with Gasteiger partial charge in [0.2, 0.25) is 0 Å². The fourth-order valence-electron chi connectivity index (χ4n) is 1.78. The molecule has 1 aromatic heterocycles. The Labute approximate surface area is 112 Å². The molecule has 1 fully saturated rings. The molecule has 0 bridgehead atoms. The van der Waals surface area contributed by atoms with Crippen LogP contribution in [0.5, 0.6) is 0 Å². The highest BCUT2D eigenvalue weighted by molar-refractivity contribution is 5.85. The molecule has 1 aromatic rings. The van der Waals surface area contributed by atoms with Gasteiger partial charge in [0.1, 0.15) is 12.0 Å². The van der Waals surface area contributed by atoms with E-state index in [1.54, 1.807) is 0 Å². The van der Waals surface area contributed by atoms with Crippen molar-refractivity contribution < 1.29 is 23.7 Å². The van der Waals surface area contributed by atoms with Crippen molar-refractivity contribution in [2.75, 3.05) is 5.73 Å². The number of aliphatic hydroxyl groups is 2. The highest BCUT2D eigenvalue weighted by Gasteiger charge is 2.50. The Hall–Kier alpha value is -1.29. The van der Waals surface area contributed by atoms with Crippen LogP contribution in [0.4, 0.5) is 14.6 Å². The van der Waals surface area contributed by atoms with Gasteiger partial charge in [-0.05, 0) is 6.07 Å². The van der Waals surface area contributed by atoms with Crippen molar-refractivity contribution in [1.29, 1.82) is 0 Å². The van der Waals surface area contributed by atoms with E-state index >= 15 is 0 Å². The second kappa shape index (κ2) is 5.37. The summed E-state index contributed by atoms with van der Waals surface area (Å²) in [4.78, 5) is 14.9. The number of aliphatic hydroxyl groups excluding tert-OH is 1. The molecular weight excluding hydrogens is 288 g/mol. The third kappa shape index (κ3) is 3.18. The van der Waals surface area contributed by atoms with Crippen molar-refractivity contribution in [3.05, 3.63) is 22.7 Å². The monoisotopic (exact) mass is 299 g/mol. The van der Waals surface area contributed by atoms with Gasteiger partial charge in [-0.15, -0.1) is 12.4 Å². The number of nitrogen functional groups attached to an aromatic ring is 1. The number of halogens is 3. The predicted octanol–water partition coefficient (Wildman–Crippen LogP) is -0.519. The Bertz CT molecular complexity index is 507. The molecule has 10 heteroatoms. The Morgan fingerprint density at radius 2 is 2.21 bits per heavy atom. The van der Waals surface area contributed by atoms with Crippen LogP contribution in [0.25, 0.3) is 0 Å². The molecular formula is C9H12ClF2N3O4. The summed E-state index contributed by atoms with van der Waals surface area (Å²) in [7, 11) is 0. The molecule has 2 heterocycles. The van der Waals surface area contributed by atoms with E-state index < -0.39 is 30.2 Å². The molecule has 2 rings (SSSR count). The van der Waals surface area contributed by atoms with E-state index in [9.17, 15) is 18.7 Å². The lowest BCUT2D eigenvalue weighted by Gasteiger charge is -2.20. The maximum atomic E-state index is 12.7. The number of ether oxygens (including phenoxy) is 1. The fourth-order valence-corrected chi connectivity index (χ4v) is 1.78. The number of rotatable bonds is 2. The normalized spacial score (nSPS) is 27.1. The van der Waals surface area contributed by atoms with Crippen LogP contribution in [-0.2, 0) is 4.74 Å². The summed E-state index contributed by atoms with van der Waals surface area (Å²) >= 11 is 0. The minimum absolute atomic E-state index is 0. The number of anilines is 1. The Morgan fingerprint density at radius 3 is 2.68 bits per heavy atom.